The van der Waals surface area contributed by atoms with Crippen molar-refractivity contribution in [2.75, 3.05) is 25.1 Å². The Morgan fingerprint density at radius 3 is 2.86 bits per heavy atom. The zero-order valence-corrected chi connectivity index (χ0v) is 8.22. The van der Waals surface area contributed by atoms with Crippen molar-refractivity contribution in [1.29, 1.82) is 0 Å². The van der Waals surface area contributed by atoms with Crippen LogP contribution in [0.4, 0.5) is 10.1 Å². The molecule has 1 heterocycles. The second-order valence-corrected chi connectivity index (χ2v) is 4.17. The van der Waals surface area contributed by atoms with Crippen LogP contribution in [-0.2, 0) is 4.74 Å². The molecule has 0 amide bonds. The zero-order chi connectivity index (χ0) is 10.0. The first-order valence-corrected chi connectivity index (χ1v) is 4.75. The van der Waals surface area contributed by atoms with Gasteiger partial charge < -0.3 is 10.1 Å². The lowest BCUT2D eigenvalue weighted by atomic mass is 9.89. The monoisotopic (exact) mass is 195 g/mol. The highest BCUT2D eigenvalue weighted by Crippen LogP contribution is 2.26. The SMILES string of the molecule is CC1(CNc2cccc(F)c2)COC1. The van der Waals surface area contributed by atoms with E-state index in [0.717, 1.165) is 25.4 Å². The van der Waals surface area contributed by atoms with Crippen molar-refractivity contribution in [2.24, 2.45) is 5.41 Å². The molecule has 1 aromatic carbocycles. The third-order valence-electron chi connectivity index (χ3n) is 2.44. The number of halogens is 1. The molecule has 1 N–H and O–H groups in total. The molecule has 2 rings (SSSR count). The van der Waals surface area contributed by atoms with E-state index in [1.54, 1.807) is 6.07 Å². The van der Waals surface area contributed by atoms with Gasteiger partial charge in [-0.3, -0.25) is 0 Å². The lowest BCUT2D eigenvalue weighted by Crippen LogP contribution is -2.45. The van der Waals surface area contributed by atoms with Crippen LogP contribution in [0.2, 0.25) is 0 Å². The second kappa shape index (κ2) is 3.58. The summed E-state index contributed by atoms with van der Waals surface area (Å²) in [6, 6.07) is 6.52. The summed E-state index contributed by atoms with van der Waals surface area (Å²) in [6.07, 6.45) is 0. The maximum Gasteiger partial charge on any atom is 0.125 e. The summed E-state index contributed by atoms with van der Waals surface area (Å²) < 4.78 is 18.0. The highest BCUT2D eigenvalue weighted by Gasteiger charge is 2.32. The maximum atomic E-state index is 12.8. The van der Waals surface area contributed by atoms with Gasteiger partial charge in [-0.1, -0.05) is 13.0 Å². The molecule has 1 aliphatic heterocycles. The smallest absolute Gasteiger partial charge is 0.125 e. The van der Waals surface area contributed by atoms with Crippen molar-refractivity contribution in [2.45, 2.75) is 6.92 Å². The van der Waals surface area contributed by atoms with E-state index in [1.165, 1.54) is 12.1 Å². The molecule has 0 aliphatic carbocycles. The molecule has 14 heavy (non-hydrogen) atoms. The minimum Gasteiger partial charge on any atom is -0.384 e. The van der Waals surface area contributed by atoms with E-state index in [1.807, 2.05) is 6.07 Å². The fraction of sp³-hybridized carbons (Fsp3) is 0.455. The Hall–Kier alpha value is -1.09. The predicted molar refractivity (Wildman–Crippen MR) is 53.8 cm³/mol. The molecular weight excluding hydrogens is 181 g/mol. The summed E-state index contributed by atoms with van der Waals surface area (Å²) in [5.74, 6) is -0.204. The highest BCUT2D eigenvalue weighted by molar-refractivity contribution is 5.43. The second-order valence-electron chi connectivity index (χ2n) is 4.17. The van der Waals surface area contributed by atoms with Crippen LogP contribution in [0, 0.1) is 11.2 Å². The fourth-order valence-corrected chi connectivity index (χ4v) is 1.47. The summed E-state index contributed by atoms with van der Waals surface area (Å²) in [5.41, 5.74) is 1.05. The van der Waals surface area contributed by atoms with Crippen LogP contribution in [0.25, 0.3) is 0 Å². The van der Waals surface area contributed by atoms with Crippen molar-refractivity contribution >= 4 is 5.69 Å². The van der Waals surface area contributed by atoms with Gasteiger partial charge in [0, 0.05) is 17.6 Å². The van der Waals surface area contributed by atoms with Crippen LogP contribution in [0.3, 0.4) is 0 Å². The molecule has 2 nitrogen and oxygen atoms in total. The third kappa shape index (κ3) is 2.04. The first-order chi connectivity index (χ1) is 6.68. The number of benzene rings is 1. The Morgan fingerprint density at radius 1 is 1.50 bits per heavy atom. The molecule has 0 aromatic heterocycles. The fourth-order valence-electron chi connectivity index (χ4n) is 1.47. The van der Waals surface area contributed by atoms with Crippen molar-refractivity contribution in [3.05, 3.63) is 30.1 Å². The van der Waals surface area contributed by atoms with E-state index in [-0.39, 0.29) is 11.2 Å². The largest absolute Gasteiger partial charge is 0.384 e. The Labute approximate surface area is 83.1 Å². The summed E-state index contributed by atoms with van der Waals surface area (Å²) in [4.78, 5) is 0. The Morgan fingerprint density at radius 2 is 2.29 bits per heavy atom. The van der Waals surface area contributed by atoms with Gasteiger partial charge in [-0.25, -0.2) is 4.39 Å². The van der Waals surface area contributed by atoms with Crippen LogP contribution in [0.1, 0.15) is 6.92 Å². The number of ether oxygens (including phenoxy) is 1. The normalized spacial score (nSPS) is 18.7. The van der Waals surface area contributed by atoms with Crippen molar-refractivity contribution in [1.82, 2.24) is 0 Å². The Kier molecular flexibility index (Phi) is 2.42. The molecule has 0 unspecified atom stereocenters. The van der Waals surface area contributed by atoms with E-state index in [4.69, 9.17) is 4.74 Å². The molecule has 0 bridgehead atoms. The average Bonchev–Trinajstić information content (AvgIpc) is 2.12. The summed E-state index contributed by atoms with van der Waals surface area (Å²) in [7, 11) is 0. The Bertz CT molecular complexity index is 323. The summed E-state index contributed by atoms with van der Waals surface area (Å²) in [6.45, 7) is 4.56. The minimum absolute atomic E-state index is 0.204. The topological polar surface area (TPSA) is 21.3 Å². The summed E-state index contributed by atoms with van der Waals surface area (Å²) >= 11 is 0. The van der Waals surface area contributed by atoms with Crippen LogP contribution in [0.5, 0.6) is 0 Å². The first-order valence-electron chi connectivity index (χ1n) is 4.75. The molecule has 1 aromatic rings. The van der Waals surface area contributed by atoms with Gasteiger partial charge in [-0.2, -0.15) is 0 Å². The van der Waals surface area contributed by atoms with Gasteiger partial charge in [-0.15, -0.1) is 0 Å². The van der Waals surface area contributed by atoms with E-state index < -0.39 is 0 Å². The van der Waals surface area contributed by atoms with Gasteiger partial charge in [-0.05, 0) is 18.2 Å². The molecule has 1 saturated heterocycles. The number of nitrogens with one attached hydrogen (secondary N) is 1. The molecule has 0 atom stereocenters. The number of rotatable bonds is 3. The van der Waals surface area contributed by atoms with Crippen LogP contribution >= 0.6 is 0 Å². The lowest BCUT2D eigenvalue weighted by Gasteiger charge is -2.38. The van der Waals surface area contributed by atoms with Crippen molar-refractivity contribution < 1.29 is 9.13 Å². The number of anilines is 1. The molecule has 0 radical (unpaired) electrons. The van der Waals surface area contributed by atoms with E-state index in [0.29, 0.717) is 0 Å². The van der Waals surface area contributed by atoms with Crippen molar-refractivity contribution in [3.63, 3.8) is 0 Å². The van der Waals surface area contributed by atoms with Gasteiger partial charge >= 0.3 is 0 Å². The van der Waals surface area contributed by atoms with E-state index in [2.05, 4.69) is 12.2 Å². The molecule has 76 valence electrons. The minimum atomic E-state index is -0.204. The maximum absolute atomic E-state index is 12.8. The summed E-state index contributed by atoms with van der Waals surface area (Å²) in [5, 5.41) is 3.21. The van der Waals surface area contributed by atoms with Crippen LogP contribution < -0.4 is 5.32 Å². The van der Waals surface area contributed by atoms with E-state index >= 15 is 0 Å². The molecule has 1 aliphatic rings. The number of hydrogen-bond acceptors (Lipinski definition) is 2. The van der Waals surface area contributed by atoms with Gasteiger partial charge in [0.2, 0.25) is 0 Å². The molecular formula is C11H14FNO. The average molecular weight is 195 g/mol. The van der Waals surface area contributed by atoms with Gasteiger partial charge in [0.15, 0.2) is 0 Å². The molecule has 3 heteroatoms. The lowest BCUT2D eigenvalue weighted by molar-refractivity contribution is -0.0924. The molecule has 0 saturated carbocycles. The zero-order valence-electron chi connectivity index (χ0n) is 8.22. The first kappa shape index (κ1) is 9.46. The highest BCUT2D eigenvalue weighted by atomic mass is 19.1. The number of hydrogen-bond donors (Lipinski definition) is 1. The quantitative estimate of drug-likeness (QED) is 0.798. The van der Waals surface area contributed by atoms with E-state index in [9.17, 15) is 4.39 Å². The van der Waals surface area contributed by atoms with Gasteiger partial charge in [0.25, 0.3) is 0 Å². The van der Waals surface area contributed by atoms with Crippen molar-refractivity contribution in [3.8, 4) is 0 Å². The standard InChI is InChI=1S/C11H14FNO/c1-11(7-14-8-11)6-13-10-4-2-3-9(12)5-10/h2-5,13H,6-8H2,1H3. The third-order valence-corrected chi connectivity index (χ3v) is 2.44. The predicted octanol–water partition coefficient (Wildman–Crippen LogP) is 2.27. The molecule has 0 spiro atoms. The van der Waals surface area contributed by atoms with Crippen LogP contribution in [0.15, 0.2) is 24.3 Å². The van der Waals surface area contributed by atoms with Crippen LogP contribution in [-0.4, -0.2) is 19.8 Å². The van der Waals surface area contributed by atoms with Gasteiger partial charge in [0.1, 0.15) is 5.82 Å². The van der Waals surface area contributed by atoms with Gasteiger partial charge in [0.05, 0.1) is 13.2 Å². The Balaban J connectivity index is 1.91. The molecule has 1 fully saturated rings.